The first-order valence-corrected chi connectivity index (χ1v) is 18.1. The van der Waals surface area contributed by atoms with Crippen molar-refractivity contribution < 1.29 is 4.42 Å². The monoisotopic (exact) mass is 669 g/mol. The molecule has 9 aromatic rings. The maximum Gasteiger partial charge on any atom is 0.155 e. The van der Waals surface area contributed by atoms with Crippen LogP contribution in [0.3, 0.4) is 0 Å². The smallest absolute Gasteiger partial charge is 0.155 e. The van der Waals surface area contributed by atoms with E-state index in [4.69, 9.17) is 19.4 Å². The molecule has 2 atom stereocenters. The van der Waals surface area contributed by atoms with Crippen LogP contribution < -0.4 is 0 Å². The summed E-state index contributed by atoms with van der Waals surface area (Å²) >= 11 is 0. The highest BCUT2D eigenvalue weighted by Crippen LogP contribution is 2.39. The highest BCUT2D eigenvalue weighted by Gasteiger charge is 2.25. The van der Waals surface area contributed by atoms with Crippen LogP contribution in [-0.2, 0) is 0 Å². The summed E-state index contributed by atoms with van der Waals surface area (Å²) in [4.78, 5) is 15.8. The number of hydrogen-bond donors (Lipinski definition) is 0. The number of hydrogen-bond acceptors (Lipinski definition) is 4. The van der Waals surface area contributed by atoms with Gasteiger partial charge in [-0.2, -0.15) is 0 Å². The van der Waals surface area contributed by atoms with Gasteiger partial charge in [-0.3, -0.25) is 9.98 Å². The van der Waals surface area contributed by atoms with Crippen molar-refractivity contribution >= 4 is 65.9 Å². The minimum absolute atomic E-state index is 0.00416. The lowest BCUT2D eigenvalue weighted by molar-refractivity contribution is 0.446. The van der Waals surface area contributed by atoms with Crippen molar-refractivity contribution in [3.63, 3.8) is 0 Å². The summed E-state index contributed by atoms with van der Waals surface area (Å²) in [5.74, 6) is 1.07. The fourth-order valence-corrected chi connectivity index (χ4v) is 8.18. The van der Waals surface area contributed by atoms with Gasteiger partial charge in [0.1, 0.15) is 11.2 Å². The van der Waals surface area contributed by atoms with E-state index in [1.165, 1.54) is 32.5 Å². The molecule has 0 amide bonds. The van der Waals surface area contributed by atoms with Crippen LogP contribution in [0.25, 0.3) is 65.5 Å². The first kappa shape index (κ1) is 30.4. The van der Waals surface area contributed by atoms with Crippen LogP contribution in [-0.4, -0.2) is 16.5 Å². The number of furan rings is 1. The largest absolute Gasteiger partial charge is 0.456 e. The van der Waals surface area contributed by atoms with Crippen molar-refractivity contribution in [2.75, 3.05) is 0 Å². The van der Waals surface area contributed by atoms with Gasteiger partial charge in [0.15, 0.2) is 5.84 Å². The Balaban J connectivity index is 1.15. The highest BCUT2D eigenvalue weighted by molar-refractivity contribution is 6.24. The lowest BCUT2D eigenvalue weighted by atomic mass is 9.88. The van der Waals surface area contributed by atoms with Gasteiger partial charge in [0.25, 0.3) is 0 Å². The Hall–Kier alpha value is -6.39. The Morgan fingerprint density at radius 3 is 2.21 bits per heavy atom. The molecule has 7 aromatic carbocycles. The first-order chi connectivity index (χ1) is 25.7. The van der Waals surface area contributed by atoms with Crippen LogP contribution >= 0.6 is 0 Å². The third-order valence-corrected chi connectivity index (χ3v) is 10.8. The molecule has 2 aromatic heterocycles. The molecule has 1 aliphatic heterocycles. The van der Waals surface area contributed by atoms with E-state index in [1.807, 2.05) is 24.4 Å². The van der Waals surface area contributed by atoms with Crippen LogP contribution in [0.1, 0.15) is 42.5 Å². The SMILES string of the molecule is CC1CC/C(c2cccc3oc4ccccc4c23)=N\C(c2ccc(-c3cc4ncccc4c4c3ccc3ccccc34)cc2)=N/C1c1ccccc1. The number of fused-ring (bicyclic) bond motifs is 8. The van der Waals surface area contributed by atoms with Crippen LogP contribution in [0.5, 0.6) is 0 Å². The summed E-state index contributed by atoms with van der Waals surface area (Å²) in [6, 6.07) is 53.6. The van der Waals surface area contributed by atoms with Gasteiger partial charge in [-0.1, -0.05) is 134 Å². The highest BCUT2D eigenvalue weighted by atomic mass is 16.3. The van der Waals surface area contributed by atoms with E-state index < -0.39 is 0 Å². The van der Waals surface area contributed by atoms with Gasteiger partial charge in [0, 0.05) is 33.5 Å². The Morgan fingerprint density at radius 2 is 1.33 bits per heavy atom. The van der Waals surface area contributed by atoms with E-state index in [1.54, 1.807) is 0 Å². The zero-order chi connectivity index (χ0) is 34.6. The molecule has 0 spiro atoms. The molecule has 0 bridgehead atoms. The van der Waals surface area contributed by atoms with Crippen molar-refractivity contribution in [1.82, 2.24) is 4.98 Å². The van der Waals surface area contributed by atoms with Gasteiger partial charge in [-0.15, -0.1) is 0 Å². The fraction of sp³-hybridized carbons (Fsp3) is 0.104. The van der Waals surface area contributed by atoms with Crippen molar-refractivity contribution in [1.29, 1.82) is 0 Å². The van der Waals surface area contributed by atoms with Gasteiger partial charge >= 0.3 is 0 Å². The predicted octanol–water partition coefficient (Wildman–Crippen LogP) is 12.5. The van der Waals surface area contributed by atoms with E-state index in [0.717, 1.165) is 74.1 Å². The summed E-state index contributed by atoms with van der Waals surface area (Å²) in [5.41, 5.74) is 9.42. The molecule has 1 aliphatic rings. The number of nitrogens with zero attached hydrogens (tertiary/aromatic N) is 3. The van der Waals surface area contributed by atoms with Gasteiger partial charge in [-0.05, 0) is 81.3 Å². The van der Waals surface area contributed by atoms with Gasteiger partial charge in [0.2, 0.25) is 0 Å². The number of aromatic nitrogens is 1. The van der Waals surface area contributed by atoms with Crippen molar-refractivity contribution in [2.45, 2.75) is 25.8 Å². The molecular formula is C48H35N3O. The average Bonchev–Trinajstić information content (AvgIpc) is 3.59. The van der Waals surface area contributed by atoms with Gasteiger partial charge < -0.3 is 4.42 Å². The molecule has 0 N–H and O–H groups in total. The minimum atomic E-state index is -0.00416. The van der Waals surface area contributed by atoms with E-state index in [-0.39, 0.29) is 6.04 Å². The zero-order valence-electron chi connectivity index (χ0n) is 28.8. The van der Waals surface area contributed by atoms with Crippen LogP contribution in [0, 0.1) is 5.92 Å². The molecule has 4 heteroatoms. The number of benzene rings is 7. The second-order valence-corrected chi connectivity index (χ2v) is 13.9. The second kappa shape index (κ2) is 12.4. The predicted molar refractivity (Wildman–Crippen MR) is 217 cm³/mol. The summed E-state index contributed by atoms with van der Waals surface area (Å²) in [7, 11) is 0. The minimum Gasteiger partial charge on any atom is -0.456 e. The maximum atomic E-state index is 6.29. The molecular weight excluding hydrogens is 635 g/mol. The Labute approximate surface area is 301 Å². The molecule has 0 saturated carbocycles. The van der Waals surface area contributed by atoms with Crippen molar-refractivity contribution in [3.05, 3.63) is 175 Å². The van der Waals surface area contributed by atoms with Gasteiger partial charge in [-0.25, -0.2) is 4.99 Å². The quantitative estimate of drug-likeness (QED) is 0.175. The van der Waals surface area contributed by atoms with E-state index in [9.17, 15) is 0 Å². The molecule has 0 radical (unpaired) electrons. The molecule has 0 saturated heterocycles. The Bertz CT molecular complexity index is 2850. The van der Waals surface area contributed by atoms with Crippen LogP contribution in [0.4, 0.5) is 0 Å². The topological polar surface area (TPSA) is 50.8 Å². The molecule has 248 valence electrons. The number of para-hydroxylation sites is 1. The van der Waals surface area contributed by atoms with Crippen molar-refractivity contribution in [3.8, 4) is 11.1 Å². The number of pyridine rings is 1. The lowest BCUT2D eigenvalue weighted by Gasteiger charge is -2.25. The van der Waals surface area contributed by atoms with E-state index >= 15 is 0 Å². The molecule has 2 unspecified atom stereocenters. The number of aliphatic imine (C=N–C) groups is 2. The van der Waals surface area contributed by atoms with E-state index in [0.29, 0.717) is 5.92 Å². The molecule has 10 rings (SSSR count). The Morgan fingerprint density at radius 1 is 0.577 bits per heavy atom. The standard InChI is InChI=1S/C48H35N3O/c1-30-20-27-41(37-16-9-19-44-46(37)39-15-7-8-18-43(39)52-44)50-48(51-47(30)33-12-3-2-4-13-33)34-23-21-32(22-24-34)40-29-42-38(17-10-28-49-42)45-35-14-6-5-11-31(35)25-26-36(40)45/h2-19,21-26,28-30,47H,20,27H2,1H3/b50-41+,51-48-. The fourth-order valence-electron chi connectivity index (χ4n) is 8.18. The molecule has 52 heavy (non-hydrogen) atoms. The third kappa shape index (κ3) is 5.10. The first-order valence-electron chi connectivity index (χ1n) is 18.1. The summed E-state index contributed by atoms with van der Waals surface area (Å²) in [5, 5.41) is 8.32. The third-order valence-electron chi connectivity index (χ3n) is 10.8. The van der Waals surface area contributed by atoms with Crippen molar-refractivity contribution in [2.24, 2.45) is 15.9 Å². The summed E-state index contributed by atoms with van der Waals surface area (Å²) < 4.78 is 6.29. The Kier molecular flexibility index (Phi) is 7.28. The number of amidine groups is 1. The summed E-state index contributed by atoms with van der Waals surface area (Å²) in [6.07, 6.45) is 3.69. The molecule has 4 nitrogen and oxygen atoms in total. The average molecular weight is 670 g/mol. The summed E-state index contributed by atoms with van der Waals surface area (Å²) in [6.45, 7) is 2.32. The van der Waals surface area contributed by atoms with Gasteiger partial charge in [0.05, 0.1) is 17.3 Å². The second-order valence-electron chi connectivity index (χ2n) is 13.9. The van der Waals surface area contributed by atoms with Crippen LogP contribution in [0.2, 0.25) is 0 Å². The molecule has 3 heterocycles. The lowest BCUT2D eigenvalue weighted by Crippen LogP contribution is -2.18. The maximum absolute atomic E-state index is 6.29. The normalized spacial score (nSPS) is 18.6. The van der Waals surface area contributed by atoms with E-state index in [2.05, 4.69) is 140 Å². The zero-order valence-corrected chi connectivity index (χ0v) is 28.8. The molecule has 0 fully saturated rings. The molecule has 0 aliphatic carbocycles. The van der Waals surface area contributed by atoms with Crippen LogP contribution in [0.15, 0.2) is 172 Å². The number of rotatable bonds is 4.